The smallest absolute Gasteiger partial charge is 0.409 e. The Bertz CT molecular complexity index is 1140. The van der Waals surface area contributed by atoms with E-state index in [9.17, 15) is 24.0 Å². The van der Waals surface area contributed by atoms with Crippen LogP contribution in [0, 0.1) is 5.92 Å². The molecule has 6 amide bonds. The summed E-state index contributed by atoms with van der Waals surface area (Å²) < 4.78 is 5.45. The van der Waals surface area contributed by atoms with Crippen LogP contribution in [0.2, 0.25) is 0 Å². The van der Waals surface area contributed by atoms with E-state index in [-0.39, 0.29) is 36.9 Å². The predicted molar refractivity (Wildman–Crippen MR) is 185 cm³/mol. The van der Waals surface area contributed by atoms with Gasteiger partial charge in [0.05, 0.1) is 0 Å². The molecule has 0 aliphatic carbocycles. The topological polar surface area (TPSA) is 175 Å². The first kappa shape index (κ1) is 41.2. The van der Waals surface area contributed by atoms with Crippen LogP contribution in [-0.2, 0) is 25.7 Å². The number of primary amides is 1. The number of anilines is 1. The summed E-state index contributed by atoms with van der Waals surface area (Å²) in [6.07, 6.45) is 4.31. The molecule has 47 heavy (non-hydrogen) atoms. The second-order valence-electron chi connectivity index (χ2n) is 13.3. The van der Waals surface area contributed by atoms with Crippen molar-refractivity contribution in [2.24, 2.45) is 11.7 Å². The Kier molecular flexibility index (Phi) is 18.5. The number of nitrogens with one attached hydrogen (secondary N) is 4. The molecule has 0 saturated carbocycles. The number of nitrogens with zero attached hydrogens (tertiary/aromatic N) is 2. The zero-order chi connectivity index (χ0) is 35.6. The van der Waals surface area contributed by atoms with E-state index in [1.54, 1.807) is 31.3 Å². The van der Waals surface area contributed by atoms with Crippen molar-refractivity contribution in [2.75, 3.05) is 39.0 Å². The molecule has 13 heteroatoms. The second-order valence-corrected chi connectivity index (χ2v) is 13.3. The summed E-state index contributed by atoms with van der Waals surface area (Å²) >= 11 is 0. The summed E-state index contributed by atoms with van der Waals surface area (Å²) in [5.74, 6) is -1.32. The van der Waals surface area contributed by atoms with Gasteiger partial charge in [-0.3, -0.25) is 19.3 Å². The van der Waals surface area contributed by atoms with E-state index in [1.807, 2.05) is 20.9 Å². The van der Waals surface area contributed by atoms with Crippen LogP contribution in [0.3, 0.4) is 0 Å². The van der Waals surface area contributed by atoms with Gasteiger partial charge in [0, 0.05) is 44.3 Å². The van der Waals surface area contributed by atoms with Crippen molar-refractivity contribution in [3.05, 3.63) is 29.8 Å². The molecular weight excluding hydrogens is 602 g/mol. The molecule has 1 rings (SSSR count). The standard InChI is InChI=1S/C34H59N7O6/c1-9-10-11-12-15-28(42)39-29(24(2)3)31(44)38-27(14-13-20-36-32(35)45)30(43)37-26-18-16-25(17-19-26)23-47-33(46)40(7)21-22-41(8)34(4,5)6/h16-19,24,27,29H,9-15,20-23H2,1-8H3,(H,37,43)(H,38,44)(H,39,42)(H3,35,36,45)/t27-,29-/m0/s1. The number of likely N-dealkylation sites (N-methyl/N-ethyl adjacent to an activating group) is 2. The third kappa shape index (κ3) is 17.0. The monoisotopic (exact) mass is 661 g/mol. The highest BCUT2D eigenvalue weighted by Crippen LogP contribution is 2.14. The molecule has 2 atom stereocenters. The molecule has 1 aromatic carbocycles. The van der Waals surface area contributed by atoms with E-state index >= 15 is 0 Å². The van der Waals surface area contributed by atoms with E-state index in [4.69, 9.17) is 10.5 Å². The molecule has 0 heterocycles. The minimum absolute atomic E-state index is 0.00294. The van der Waals surface area contributed by atoms with Crippen LogP contribution in [0.4, 0.5) is 15.3 Å². The molecule has 0 saturated heterocycles. The fourth-order valence-electron chi connectivity index (χ4n) is 4.44. The lowest BCUT2D eigenvalue weighted by atomic mass is 10.0. The van der Waals surface area contributed by atoms with Gasteiger partial charge < -0.3 is 36.6 Å². The molecule has 0 aromatic heterocycles. The Labute approximate surface area is 281 Å². The Balaban J connectivity index is 2.82. The number of unbranched alkanes of at least 4 members (excludes halogenated alkanes) is 3. The molecule has 0 aliphatic heterocycles. The second kappa shape index (κ2) is 21.1. The molecule has 1 aromatic rings. The molecule has 0 spiro atoms. The van der Waals surface area contributed by atoms with Gasteiger partial charge in [-0.25, -0.2) is 9.59 Å². The van der Waals surface area contributed by atoms with Crippen LogP contribution in [0.15, 0.2) is 24.3 Å². The third-order valence-electron chi connectivity index (χ3n) is 7.94. The summed E-state index contributed by atoms with van der Waals surface area (Å²) in [6.45, 7) is 13.6. The minimum atomic E-state index is -0.937. The fourth-order valence-corrected chi connectivity index (χ4v) is 4.44. The zero-order valence-corrected chi connectivity index (χ0v) is 29.7. The first-order valence-electron chi connectivity index (χ1n) is 16.7. The zero-order valence-electron chi connectivity index (χ0n) is 29.7. The number of nitrogens with two attached hydrogens (primary N) is 1. The van der Waals surface area contributed by atoms with Crippen LogP contribution < -0.4 is 27.0 Å². The summed E-state index contributed by atoms with van der Waals surface area (Å²) in [4.78, 5) is 66.4. The molecule has 0 fully saturated rings. The molecule has 13 nitrogen and oxygen atoms in total. The number of ether oxygens (including phenoxy) is 1. The van der Waals surface area contributed by atoms with Crippen molar-refractivity contribution in [2.45, 2.75) is 111 Å². The van der Waals surface area contributed by atoms with Crippen molar-refractivity contribution in [1.82, 2.24) is 25.8 Å². The van der Waals surface area contributed by atoms with Crippen molar-refractivity contribution in [3.8, 4) is 0 Å². The highest BCUT2D eigenvalue weighted by molar-refractivity contribution is 5.98. The SMILES string of the molecule is CCCCCCC(=O)N[C@H](C(=O)N[C@@H](CCCNC(N)=O)C(=O)Nc1ccc(COC(=O)N(C)CCN(C)C(C)(C)C)cc1)C(C)C. The van der Waals surface area contributed by atoms with Gasteiger partial charge in [-0.15, -0.1) is 0 Å². The average Bonchev–Trinajstić information content (AvgIpc) is 3.00. The van der Waals surface area contributed by atoms with Gasteiger partial charge in [0.15, 0.2) is 0 Å². The van der Waals surface area contributed by atoms with E-state index < -0.39 is 36.0 Å². The maximum Gasteiger partial charge on any atom is 0.409 e. The lowest BCUT2D eigenvalue weighted by Crippen LogP contribution is -2.54. The van der Waals surface area contributed by atoms with Gasteiger partial charge in [-0.05, 0) is 70.7 Å². The van der Waals surface area contributed by atoms with E-state index in [2.05, 4.69) is 53.9 Å². The van der Waals surface area contributed by atoms with Crippen molar-refractivity contribution in [3.63, 3.8) is 0 Å². The number of amides is 6. The maximum atomic E-state index is 13.3. The molecule has 0 aliphatic rings. The summed E-state index contributed by atoms with van der Waals surface area (Å²) in [5, 5.41) is 10.9. The number of urea groups is 1. The summed E-state index contributed by atoms with van der Waals surface area (Å²) in [6, 6.07) is 4.43. The number of benzene rings is 1. The van der Waals surface area contributed by atoms with E-state index in [0.29, 0.717) is 31.6 Å². The quantitative estimate of drug-likeness (QED) is 0.131. The van der Waals surface area contributed by atoms with Gasteiger partial charge in [0.1, 0.15) is 18.7 Å². The Morgan fingerprint density at radius 3 is 2.13 bits per heavy atom. The highest BCUT2D eigenvalue weighted by atomic mass is 16.6. The van der Waals surface area contributed by atoms with Gasteiger partial charge >= 0.3 is 12.1 Å². The maximum absolute atomic E-state index is 13.3. The predicted octanol–water partition coefficient (Wildman–Crippen LogP) is 3.97. The van der Waals surface area contributed by atoms with Crippen LogP contribution in [-0.4, -0.2) is 91.0 Å². The third-order valence-corrected chi connectivity index (χ3v) is 7.94. The van der Waals surface area contributed by atoms with Gasteiger partial charge in [0.25, 0.3) is 0 Å². The molecule has 0 bridgehead atoms. The van der Waals surface area contributed by atoms with Gasteiger partial charge in [-0.1, -0.05) is 52.2 Å². The summed E-state index contributed by atoms with van der Waals surface area (Å²) in [7, 11) is 3.71. The Morgan fingerprint density at radius 2 is 1.55 bits per heavy atom. The van der Waals surface area contributed by atoms with Crippen LogP contribution in [0.5, 0.6) is 0 Å². The van der Waals surface area contributed by atoms with E-state index in [0.717, 1.165) is 31.2 Å². The lowest BCUT2D eigenvalue weighted by Gasteiger charge is -2.33. The molecule has 0 radical (unpaired) electrons. The van der Waals surface area contributed by atoms with Crippen LogP contribution in [0.1, 0.15) is 92.1 Å². The average molecular weight is 662 g/mol. The molecule has 266 valence electrons. The number of rotatable bonds is 20. The van der Waals surface area contributed by atoms with E-state index in [1.165, 1.54) is 4.90 Å². The largest absolute Gasteiger partial charge is 0.445 e. The van der Waals surface area contributed by atoms with Crippen molar-refractivity contribution in [1.29, 1.82) is 0 Å². The highest BCUT2D eigenvalue weighted by Gasteiger charge is 2.29. The van der Waals surface area contributed by atoms with Crippen molar-refractivity contribution >= 4 is 35.5 Å². The number of hydrogen-bond donors (Lipinski definition) is 5. The minimum Gasteiger partial charge on any atom is -0.445 e. The molecule has 6 N–H and O–H groups in total. The fraction of sp³-hybridized carbons (Fsp3) is 0.676. The lowest BCUT2D eigenvalue weighted by molar-refractivity contribution is -0.132. The van der Waals surface area contributed by atoms with Crippen LogP contribution >= 0.6 is 0 Å². The first-order chi connectivity index (χ1) is 22.0. The Hall–Kier alpha value is -3.87. The molecular formula is C34H59N7O6. The van der Waals surface area contributed by atoms with Gasteiger partial charge in [-0.2, -0.15) is 0 Å². The normalized spacial score (nSPS) is 12.6. The summed E-state index contributed by atoms with van der Waals surface area (Å²) in [5.41, 5.74) is 6.38. The molecule has 0 unspecified atom stereocenters. The first-order valence-corrected chi connectivity index (χ1v) is 16.7. The van der Waals surface area contributed by atoms with Crippen molar-refractivity contribution < 1.29 is 28.7 Å². The number of carbonyl (C=O) groups excluding carboxylic acids is 5. The number of carbonyl (C=O) groups is 5. The van der Waals surface area contributed by atoms with Crippen LogP contribution in [0.25, 0.3) is 0 Å². The Morgan fingerprint density at radius 1 is 0.894 bits per heavy atom. The van der Waals surface area contributed by atoms with Gasteiger partial charge in [0.2, 0.25) is 17.7 Å². The number of hydrogen-bond acceptors (Lipinski definition) is 7.